The van der Waals surface area contributed by atoms with Crippen LogP contribution in [0.1, 0.15) is 63.1 Å². The minimum absolute atomic E-state index is 0.0248. The molecule has 0 spiro atoms. The number of carbonyl (C=O) groups excluding carboxylic acids is 1. The lowest BCUT2D eigenvalue weighted by Crippen LogP contribution is -2.24. The highest BCUT2D eigenvalue weighted by Crippen LogP contribution is 2.28. The molecule has 0 saturated heterocycles. The number of hydrogen-bond donors (Lipinski definition) is 1. The second kappa shape index (κ2) is 9.37. The van der Waals surface area contributed by atoms with Crippen molar-refractivity contribution in [1.82, 2.24) is 19.3 Å². The van der Waals surface area contributed by atoms with Crippen LogP contribution in [0.3, 0.4) is 0 Å². The van der Waals surface area contributed by atoms with Gasteiger partial charge in [-0.25, -0.2) is 14.2 Å². The molecule has 1 atom stereocenters. The summed E-state index contributed by atoms with van der Waals surface area (Å²) >= 11 is 0. The van der Waals surface area contributed by atoms with Crippen molar-refractivity contribution >= 4 is 11.9 Å². The largest absolute Gasteiger partial charge is 0.490 e. The van der Waals surface area contributed by atoms with Crippen LogP contribution in [0.15, 0.2) is 33.8 Å². The van der Waals surface area contributed by atoms with E-state index < -0.39 is 17.4 Å². The van der Waals surface area contributed by atoms with Gasteiger partial charge in [0.15, 0.2) is 0 Å². The third-order valence-corrected chi connectivity index (χ3v) is 4.84. The van der Waals surface area contributed by atoms with E-state index in [2.05, 4.69) is 15.4 Å². The van der Waals surface area contributed by atoms with Crippen molar-refractivity contribution in [3.05, 3.63) is 52.3 Å². The number of benzene rings is 1. The molecule has 0 aliphatic rings. The molecule has 1 amide bonds. The van der Waals surface area contributed by atoms with Crippen molar-refractivity contribution in [1.29, 1.82) is 0 Å². The quantitative estimate of drug-likeness (QED) is 0.564. The summed E-state index contributed by atoms with van der Waals surface area (Å²) in [4.78, 5) is 29.4. The molecular formula is C22H28FN5O4. The van der Waals surface area contributed by atoms with Crippen molar-refractivity contribution in [2.24, 2.45) is 13.0 Å². The molecule has 1 unspecified atom stereocenters. The first-order valence-corrected chi connectivity index (χ1v) is 10.5. The van der Waals surface area contributed by atoms with Crippen molar-refractivity contribution in [3.63, 3.8) is 0 Å². The van der Waals surface area contributed by atoms with Gasteiger partial charge in [0.05, 0.1) is 17.9 Å². The minimum Gasteiger partial charge on any atom is -0.490 e. The zero-order valence-electron chi connectivity index (χ0n) is 19.0. The summed E-state index contributed by atoms with van der Waals surface area (Å²) in [5, 5.41) is 6.76. The predicted molar refractivity (Wildman–Crippen MR) is 117 cm³/mol. The lowest BCUT2D eigenvalue weighted by molar-refractivity contribution is 0.101. The molecule has 3 aromatic rings. The molecule has 0 radical (unpaired) electrons. The Kier molecular flexibility index (Phi) is 6.81. The number of anilines is 1. The fraction of sp³-hybridized carbons (Fsp3) is 0.455. The second-order valence-electron chi connectivity index (χ2n) is 8.42. The van der Waals surface area contributed by atoms with Crippen molar-refractivity contribution in [2.45, 2.75) is 53.1 Å². The Balaban J connectivity index is 2.09. The van der Waals surface area contributed by atoms with Gasteiger partial charge >= 0.3 is 11.7 Å². The fourth-order valence-corrected chi connectivity index (χ4v) is 3.47. The molecule has 3 rings (SSSR count). The molecular weight excluding hydrogens is 417 g/mol. The van der Waals surface area contributed by atoms with E-state index in [0.29, 0.717) is 18.2 Å². The van der Waals surface area contributed by atoms with Crippen LogP contribution in [0.2, 0.25) is 0 Å². The number of hydrogen-bond acceptors (Lipinski definition) is 6. The molecule has 32 heavy (non-hydrogen) atoms. The SMILES string of the molecule is CC(C)CC(C)Oc1cc(-n2nc(C(C)C)n(C)c2=O)c(F)cc1C(=O)Nc1ncco1. The molecule has 9 nitrogen and oxygen atoms in total. The lowest BCUT2D eigenvalue weighted by Gasteiger charge is -2.19. The lowest BCUT2D eigenvalue weighted by atomic mass is 10.1. The van der Waals surface area contributed by atoms with Gasteiger partial charge in [0, 0.05) is 19.0 Å². The van der Waals surface area contributed by atoms with Crippen LogP contribution in [-0.4, -0.2) is 31.3 Å². The Labute approximate surface area is 185 Å². The van der Waals surface area contributed by atoms with E-state index in [-0.39, 0.29) is 35.0 Å². The Bertz CT molecular complexity index is 1150. The van der Waals surface area contributed by atoms with E-state index >= 15 is 4.39 Å². The zero-order valence-corrected chi connectivity index (χ0v) is 19.0. The minimum atomic E-state index is -0.790. The van der Waals surface area contributed by atoms with Gasteiger partial charge in [-0.15, -0.1) is 5.10 Å². The maximum Gasteiger partial charge on any atom is 0.350 e. The molecule has 0 saturated carbocycles. The summed E-state index contributed by atoms with van der Waals surface area (Å²) in [7, 11) is 1.58. The highest BCUT2D eigenvalue weighted by Gasteiger charge is 2.24. The summed E-state index contributed by atoms with van der Waals surface area (Å²) in [6.45, 7) is 9.74. The number of oxazole rings is 1. The number of amides is 1. The van der Waals surface area contributed by atoms with Gasteiger partial charge < -0.3 is 9.15 Å². The predicted octanol–water partition coefficient (Wildman–Crippen LogP) is 3.89. The number of aromatic nitrogens is 4. The average molecular weight is 445 g/mol. The van der Waals surface area contributed by atoms with E-state index in [0.717, 1.165) is 10.7 Å². The number of ether oxygens (including phenoxy) is 1. The summed E-state index contributed by atoms with van der Waals surface area (Å²) in [5.74, 6) is -0.494. The number of rotatable bonds is 8. The molecule has 2 heterocycles. The van der Waals surface area contributed by atoms with Crippen molar-refractivity contribution in [3.8, 4) is 11.4 Å². The summed E-state index contributed by atoms with van der Waals surface area (Å²) in [5.41, 5.74) is -0.643. The maximum absolute atomic E-state index is 15.1. The summed E-state index contributed by atoms with van der Waals surface area (Å²) < 4.78 is 28.5. The Morgan fingerprint density at radius 1 is 1.25 bits per heavy atom. The van der Waals surface area contributed by atoms with E-state index in [4.69, 9.17) is 9.15 Å². The van der Waals surface area contributed by atoms with Gasteiger partial charge in [-0.2, -0.15) is 4.68 Å². The molecule has 0 bridgehead atoms. The van der Waals surface area contributed by atoms with Crippen molar-refractivity contribution < 1.29 is 18.3 Å². The van der Waals surface area contributed by atoms with E-state index in [9.17, 15) is 9.59 Å². The van der Waals surface area contributed by atoms with E-state index in [1.54, 1.807) is 7.05 Å². The molecule has 10 heteroatoms. The first-order valence-electron chi connectivity index (χ1n) is 10.5. The number of nitrogens with one attached hydrogen (secondary N) is 1. The van der Waals surface area contributed by atoms with Gasteiger partial charge in [-0.05, 0) is 25.3 Å². The van der Waals surface area contributed by atoms with E-state index in [1.807, 2.05) is 34.6 Å². The normalized spacial score (nSPS) is 12.4. The summed E-state index contributed by atoms with van der Waals surface area (Å²) in [6, 6.07) is 2.33. The number of halogens is 1. The first-order chi connectivity index (χ1) is 15.1. The number of nitrogens with zero attached hydrogens (tertiary/aromatic N) is 4. The van der Waals surface area contributed by atoms with Crippen LogP contribution in [-0.2, 0) is 7.05 Å². The zero-order chi connectivity index (χ0) is 23.6. The summed E-state index contributed by atoms with van der Waals surface area (Å²) in [6.07, 6.45) is 3.14. The second-order valence-corrected chi connectivity index (χ2v) is 8.42. The fourth-order valence-electron chi connectivity index (χ4n) is 3.47. The van der Waals surface area contributed by atoms with Crippen LogP contribution >= 0.6 is 0 Å². The first kappa shape index (κ1) is 23.2. The third kappa shape index (κ3) is 4.90. The van der Waals surface area contributed by atoms with Crippen LogP contribution in [0.5, 0.6) is 5.75 Å². The smallest absolute Gasteiger partial charge is 0.350 e. The van der Waals surface area contributed by atoms with Gasteiger partial charge in [-0.3, -0.25) is 14.7 Å². The Hall–Kier alpha value is -3.43. The van der Waals surface area contributed by atoms with Crippen LogP contribution < -0.4 is 15.7 Å². The standard InChI is InChI=1S/C22H28FN5O4/c1-12(2)9-14(5)32-18-11-17(28-22(30)27(6)19(26-28)13(3)4)16(23)10-15(18)20(29)25-21-24-7-8-31-21/h7-8,10-14H,9H2,1-6H3,(H,24,25,29). The number of carbonyl (C=O) groups is 1. The molecule has 172 valence electrons. The van der Waals surface area contributed by atoms with Gasteiger partial charge in [-0.1, -0.05) is 27.7 Å². The highest BCUT2D eigenvalue weighted by molar-refractivity contribution is 6.05. The van der Waals surface area contributed by atoms with Crippen LogP contribution in [0, 0.1) is 11.7 Å². The molecule has 2 aromatic heterocycles. The molecule has 0 fully saturated rings. The third-order valence-electron chi connectivity index (χ3n) is 4.84. The maximum atomic E-state index is 15.1. The molecule has 1 aromatic carbocycles. The molecule has 0 aliphatic heterocycles. The molecule has 1 N–H and O–H groups in total. The van der Waals surface area contributed by atoms with Crippen LogP contribution in [0.25, 0.3) is 5.69 Å². The van der Waals surface area contributed by atoms with Gasteiger partial charge in [0.1, 0.15) is 29.3 Å². The van der Waals surface area contributed by atoms with Crippen molar-refractivity contribution in [2.75, 3.05) is 5.32 Å². The van der Waals surface area contributed by atoms with E-state index in [1.165, 1.54) is 23.1 Å². The van der Waals surface area contributed by atoms with Crippen LogP contribution in [0.4, 0.5) is 10.4 Å². The Morgan fingerprint density at radius 3 is 2.53 bits per heavy atom. The molecule has 0 aliphatic carbocycles. The monoisotopic (exact) mass is 445 g/mol. The van der Waals surface area contributed by atoms with Gasteiger partial charge in [0.25, 0.3) is 5.91 Å². The van der Waals surface area contributed by atoms with Gasteiger partial charge in [0.2, 0.25) is 0 Å². The topological polar surface area (TPSA) is 104 Å². The average Bonchev–Trinajstić information content (AvgIpc) is 3.31. The Morgan fingerprint density at radius 2 is 1.97 bits per heavy atom. The highest BCUT2D eigenvalue weighted by atomic mass is 19.1.